The van der Waals surface area contributed by atoms with Crippen LogP contribution in [0.25, 0.3) is 0 Å². The normalized spacial score (nSPS) is 35.1. The van der Waals surface area contributed by atoms with Crippen LogP contribution in [0.3, 0.4) is 0 Å². The van der Waals surface area contributed by atoms with Crippen LogP contribution in [0.2, 0.25) is 0 Å². The molecule has 1 N–H and O–H groups in total. The average Bonchev–Trinajstić information content (AvgIpc) is 1.59. The van der Waals surface area contributed by atoms with Gasteiger partial charge in [0.15, 0.2) is 0 Å². The quantitative estimate of drug-likeness (QED) is 0.642. The monoisotopic (exact) mass is 209 g/mol. The lowest BCUT2D eigenvalue weighted by molar-refractivity contribution is 0.0582. The summed E-state index contributed by atoms with van der Waals surface area (Å²) in [5.74, 6) is 0.666. The van der Waals surface area contributed by atoms with E-state index in [0.29, 0.717) is 5.92 Å². The lowest BCUT2D eigenvalue weighted by Crippen LogP contribution is -2.39. The molecule has 0 aromatic rings. The maximum Gasteiger partial charge on any atom is 0.0670 e. The van der Waals surface area contributed by atoms with Crippen LogP contribution in [0.15, 0.2) is 0 Å². The third-order valence-corrected chi connectivity index (χ3v) is 1.82. The van der Waals surface area contributed by atoms with Crippen LogP contribution in [0.5, 0.6) is 0 Å². The van der Waals surface area contributed by atoms with Gasteiger partial charge in [0.2, 0.25) is 0 Å². The Kier molecular flexibility index (Phi) is 4.49. The van der Waals surface area contributed by atoms with Crippen LogP contribution in [-0.2, 0) is 0 Å². The van der Waals surface area contributed by atoms with Gasteiger partial charge in [-0.2, -0.15) is 0 Å². The van der Waals surface area contributed by atoms with Crippen LogP contribution in [0, 0.1) is 5.92 Å². The number of hydrogen-bond donors (Lipinski definition) is 1. The molecular formula is C7H16BrNO. The number of likely N-dealkylation sites (tertiary alicyclic amines) is 1. The van der Waals surface area contributed by atoms with Crippen LogP contribution in [0.4, 0.5) is 0 Å². The van der Waals surface area contributed by atoms with Crippen molar-refractivity contribution in [3.8, 4) is 0 Å². The number of rotatable bonds is 0. The first-order chi connectivity index (χ1) is 4.18. The molecular weight excluding hydrogens is 194 g/mol. The molecule has 1 aliphatic rings. The van der Waals surface area contributed by atoms with Crippen molar-refractivity contribution in [3.63, 3.8) is 0 Å². The number of halogens is 1. The van der Waals surface area contributed by atoms with Crippen LogP contribution in [-0.4, -0.2) is 36.2 Å². The van der Waals surface area contributed by atoms with Gasteiger partial charge >= 0.3 is 0 Å². The van der Waals surface area contributed by atoms with Crippen molar-refractivity contribution >= 4 is 17.0 Å². The Balaban J connectivity index is 0.000000810. The first-order valence-electron chi connectivity index (χ1n) is 3.55. The van der Waals surface area contributed by atoms with E-state index < -0.39 is 0 Å². The van der Waals surface area contributed by atoms with Gasteiger partial charge in [-0.05, 0) is 19.4 Å². The molecule has 10 heavy (non-hydrogen) atoms. The molecule has 0 aliphatic carbocycles. The number of likely N-dealkylation sites (N-methyl/N-ethyl adjacent to an activating group) is 1. The Bertz CT molecular complexity index is 74.6. The topological polar surface area (TPSA) is 23.5 Å². The third kappa shape index (κ3) is 2.99. The molecule has 0 aromatic carbocycles. The molecule has 0 bridgehead atoms. The van der Waals surface area contributed by atoms with Gasteiger partial charge in [-0.1, -0.05) is 6.92 Å². The molecule has 2 unspecified atom stereocenters. The third-order valence-electron chi connectivity index (χ3n) is 1.82. The van der Waals surface area contributed by atoms with Gasteiger partial charge in [-0.25, -0.2) is 0 Å². The molecule has 1 rings (SSSR count). The van der Waals surface area contributed by atoms with Crippen LogP contribution >= 0.6 is 17.0 Å². The highest BCUT2D eigenvalue weighted by Gasteiger charge is 2.19. The molecule has 1 aliphatic heterocycles. The van der Waals surface area contributed by atoms with E-state index in [0.717, 1.165) is 19.5 Å². The molecule has 2 atom stereocenters. The fraction of sp³-hybridized carbons (Fsp3) is 1.00. The number of nitrogens with zero attached hydrogens (tertiary/aromatic N) is 1. The van der Waals surface area contributed by atoms with E-state index in [9.17, 15) is 5.11 Å². The Morgan fingerprint density at radius 2 is 2.00 bits per heavy atom. The first-order valence-corrected chi connectivity index (χ1v) is 3.55. The van der Waals surface area contributed by atoms with E-state index in [1.54, 1.807) is 0 Å². The summed E-state index contributed by atoms with van der Waals surface area (Å²) >= 11 is 0. The van der Waals surface area contributed by atoms with Gasteiger partial charge in [-0.15, -0.1) is 17.0 Å². The highest BCUT2D eigenvalue weighted by atomic mass is 79.9. The van der Waals surface area contributed by atoms with Gasteiger partial charge in [-0.3, -0.25) is 0 Å². The molecule has 2 nitrogen and oxygen atoms in total. The van der Waals surface area contributed by atoms with Crippen molar-refractivity contribution in [2.75, 3.05) is 20.1 Å². The number of piperidine rings is 1. The average molecular weight is 210 g/mol. The molecule has 0 spiro atoms. The Hall–Kier alpha value is 0.400. The highest BCUT2D eigenvalue weighted by Crippen LogP contribution is 2.13. The number of aliphatic hydroxyl groups excluding tert-OH is 1. The lowest BCUT2D eigenvalue weighted by Gasteiger charge is -2.30. The molecule has 3 heteroatoms. The fourth-order valence-electron chi connectivity index (χ4n) is 1.58. The Morgan fingerprint density at radius 1 is 1.40 bits per heavy atom. The summed E-state index contributed by atoms with van der Waals surface area (Å²) in [6, 6.07) is 0. The van der Waals surface area contributed by atoms with Crippen molar-refractivity contribution in [2.45, 2.75) is 19.4 Å². The smallest absolute Gasteiger partial charge is 0.0670 e. The van der Waals surface area contributed by atoms with E-state index in [1.165, 1.54) is 0 Å². The van der Waals surface area contributed by atoms with Crippen molar-refractivity contribution in [1.82, 2.24) is 4.90 Å². The molecule has 1 saturated heterocycles. The summed E-state index contributed by atoms with van der Waals surface area (Å²) in [5, 5.41) is 9.21. The zero-order valence-corrected chi connectivity index (χ0v) is 8.29. The molecule has 0 amide bonds. The molecule has 62 valence electrons. The largest absolute Gasteiger partial charge is 0.392 e. The molecule has 0 radical (unpaired) electrons. The van der Waals surface area contributed by atoms with E-state index >= 15 is 0 Å². The number of β-amino-alcohol motifs (C(OH)–C–C–N with tert-alkyl or cyclic N) is 1. The van der Waals surface area contributed by atoms with Gasteiger partial charge in [0.1, 0.15) is 0 Å². The summed E-state index contributed by atoms with van der Waals surface area (Å²) in [6.45, 7) is 4.17. The number of aliphatic hydroxyl groups is 1. The standard InChI is InChI=1S/C7H15NO.BrH/c1-6-3-7(9)5-8(2)4-6;/h6-7,9H,3-5H2,1-2H3;1H. The van der Waals surface area contributed by atoms with Crippen molar-refractivity contribution in [3.05, 3.63) is 0 Å². The summed E-state index contributed by atoms with van der Waals surface area (Å²) < 4.78 is 0. The molecule has 1 fully saturated rings. The predicted octanol–water partition coefficient (Wildman–Crippen LogP) is 0.897. The second kappa shape index (κ2) is 4.31. The zero-order chi connectivity index (χ0) is 6.85. The van der Waals surface area contributed by atoms with Crippen molar-refractivity contribution < 1.29 is 5.11 Å². The van der Waals surface area contributed by atoms with E-state index in [4.69, 9.17) is 0 Å². The highest BCUT2D eigenvalue weighted by molar-refractivity contribution is 8.93. The molecule has 1 heterocycles. The minimum absolute atomic E-state index is 0. The van der Waals surface area contributed by atoms with Crippen LogP contribution < -0.4 is 0 Å². The summed E-state index contributed by atoms with van der Waals surface area (Å²) in [5.41, 5.74) is 0. The SMILES string of the molecule is Br.CC1CC(O)CN(C)C1. The Morgan fingerprint density at radius 3 is 2.40 bits per heavy atom. The van der Waals surface area contributed by atoms with E-state index in [1.807, 2.05) is 0 Å². The van der Waals surface area contributed by atoms with E-state index in [-0.39, 0.29) is 23.1 Å². The fourth-order valence-corrected chi connectivity index (χ4v) is 1.58. The van der Waals surface area contributed by atoms with Gasteiger partial charge in [0, 0.05) is 13.1 Å². The first kappa shape index (κ1) is 10.4. The van der Waals surface area contributed by atoms with E-state index in [2.05, 4.69) is 18.9 Å². The predicted molar refractivity (Wildman–Crippen MR) is 47.6 cm³/mol. The van der Waals surface area contributed by atoms with Gasteiger partial charge in [0.05, 0.1) is 6.10 Å². The lowest BCUT2D eigenvalue weighted by atomic mass is 9.99. The zero-order valence-electron chi connectivity index (χ0n) is 6.58. The maximum absolute atomic E-state index is 9.21. The summed E-state index contributed by atoms with van der Waals surface area (Å²) in [4.78, 5) is 2.18. The van der Waals surface area contributed by atoms with Crippen molar-refractivity contribution in [1.29, 1.82) is 0 Å². The summed E-state index contributed by atoms with van der Waals surface area (Å²) in [7, 11) is 2.05. The Labute approximate surface area is 73.0 Å². The minimum Gasteiger partial charge on any atom is -0.392 e. The maximum atomic E-state index is 9.21. The number of hydrogen-bond acceptors (Lipinski definition) is 2. The minimum atomic E-state index is -0.0845. The van der Waals surface area contributed by atoms with Crippen molar-refractivity contribution in [2.24, 2.45) is 5.92 Å². The second-order valence-corrected chi connectivity index (χ2v) is 3.22. The second-order valence-electron chi connectivity index (χ2n) is 3.22. The summed E-state index contributed by atoms with van der Waals surface area (Å²) in [6.07, 6.45) is 0.892. The molecule has 0 aromatic heterocycles. The van der Waals surface area contributed by atoms with Gasteiger partial charge in [0.25, 0.3) is 0 Å². The molecule has 0 saturated carbocycles. The van der Waals surface area contributed by atoms with Crippen LogP contribution in [0.1, 0.15) is 13.3 Å². The van der Waals surface area contributed by atoms with Gasteiger partial charge < -0.3 is 10.0 Å².